The molecule has 0 aromatic heterocycles. The molecule has 0 bridgehead atoms. The summed E-state index contributed by atoms with van der Waals surface area (Å²) in [5, 5.41) is 4.00. The molecule has 0 amide bonds. The highest BCUT2D eigenvalue weighted by atomic mass is 79.9. The van der Waals surface area contributed by atoms with Crippen LogP contribution in [0.4, 0.5) is 11.4 Å². The van der Waals surface area contributed by atoms with Gasteiger partial charge in [0.2, 0.25) is 0 Å². The van der Waals surface area contributed by atoms with Gasteiger partial charge in [0.05, 0.1) is 5.69 Å². The molecule has 0 radical (unpaired) electrons. The molecule has 0 saturated heterocycles. The number of nitrogen functional groups attached to an aromatic ring is 1. The van der Waals surface area contributed by atoms with Crippen LogP contribution in [0.25, 0.3) is 0 Å². The number of hydrogen-bond donors (Lipinski definition) is 2. The molecule has 0 saturated carbocycles. The van der Waals surface area contributed by atoms with E-state index in [4.69, 9.17) is 17.3 Å². The van der Waals surface area contributed by atoms with Gasteiger partial charge in [-0.05, 0) is 45.8 Å². The van der Waals surface area contributed by atoms with Crippen molar-refractivity contribution in [1.82, 2.24) is 0 Å². The van der Waals surface area contributed by atoms with Gasteiger partial charge in [-0.2, -0.15) is 0 Å². The van der Waals surface area contributed by atoms with Crippen LogP contribution >= 0.6 is 27.5 Å². The Morgan fingerprint density at radius 3 is 2.71 bits per heavy atom. The van der Waals surface area contributed by atoms with Crippen LogP contribution in [-0.4, -0.2) is 0 Å². The monoisotopic (exact) mass is 310 g/mol. The third-order valence-corrected chi connectivity index (χ3v) is 3.38. The van der Waals surface area contributed by atoms with Crippen molar-refractivity contribution in [2.45, 2.75) is 6.54 Å². The van der Waals surface area contributed by atoms with E-state index in [1.807, 2.05) is 42.5 Å². The van der Waals surface area contributed by atoms with Crippen molar-refractivity contribution >= 4 is 38.9 Å². The zero-order valence-corrected chi connectivity index (χ0v) is 11.4. The maximum absolute atomic E-state index is 5.94. The zero-order chi connectivity index (χ0) is 12.3. The summed E-state index contributed by atoms with van der Waals surface area (Å²) >= 11 is 9.41. The quantitative estimate of drug-likeness (QED) is 0.830. The van der Waals surface area contributed by atoms with E-state index in [2.05, 4.69) is 21.2 Å². The van der Waals surface area contributed by atoms with Crippen LogP contribution in [0.15, 0.2) is 46.9 Å². The van der Waals surface area contributed by atoms with Gasteiger partial charge in [0.1, 0.15) is 0 Å². The first-order chi connectivity index (χ1) is 8.16. The molecule has 4 heteroatoms. The first-order valence-electron chi connectivity index (χ1n) is 5.19. The van der Waals surface area contributed by atoms with Crippen LogP contribution in [0, 0.1) is 0 Å². The molecule has 0 aliphatic rings. The molecule has 88 valence electrons. The highest BCUT2D eigenvalue weighted by molar-refractivity contribution is 9.10. The van der Waals surface area contributed by atoms with Crippen LogP contribution in [0.2, 0.25) is 5.02 Å². The van der Waals surface area contributed by atoms with Crippen molar-refractivity contribution in [2.75, 3.05) is 11.1 Å². The maximum atomic E-state index is 5.94. The molecule has 17 heavy (non-hydrogen) atoms. The molecule has 2 aromatic carbocycles. The maximum Gasteiger partial charge on any atom is 0.0502 e. The Balaban J connectivity index is 2.12. The van der Waals surface area contributed by atoms with Crippen molar-refractivity contribution in [3.8, 4) is 0 Å². The molecular formula is C13H12BrClN2. The first kappa shape index (κ1) is 12.3. The Morgan fingerprint density at radius 2 is 1.94 bits per heavy atom. The van der Waals surface area contributed by atoms with Gasteiger partial charge in [0, 0.05) is 21.7 Å². The summed E-state index contributed by atoms with van der Waals surface area (Å²) in [6, 6.07) is 13.4. The van der Waals surface area contributed by atoms with E-state index in [-0.39, 0.29) is 0 Å². The molecule has 0 aliphatic carbocycles. The number of rotatable bonds is 3. The number of para-hydroxylation sites is 1. The number of halogens is 2. The summed E-state index contributed by atoms with van der Waals surface area (Å²) in [6.07, 6.45) is 0. The lowest BCUT2D eigenvalue weighted by molar-refractivity contribution is 1.15. The molecule has 2 rings (SSSR count). The average Bonchev–Trinajstić information content (AvgIpc) is 2.32. The second kappa shape index (κ2) is 5.43. The van der Waals surface area contributed by atoms with Gasteiger partial charge in [0.25, 0.3) is 0 Å². The summed E-state index contributed by atoms with van der Waals surface area (Å²) in [7, 11) is 0. The Labute approximate surface area is 114 Å². The summed E-state index contributed by atoms with van der Waals surface area (Å²) < 4.78 is 0.983. The number of hydrogen-bond acceptors (Lipinski definition) is 2. The van der Waals surface area contributed by atoms with Crippen molar-refractivity contribution < 1.29 is 0 Å². The molecule has 2 nitrogen and oxygen atoms in total. The fraction of sp³-hybridized carbons (Fsp3) is 0.0769. The number of nitrogens with one attached hydrogen (secondary N) is 1. The van der Waals surface area contributed by atoms with Crippen molar-refractivity contribution in [3.63, 3.8) is 0 Å². The van der Waals surface area contributed by atoms with E-state index in [0.717, 1.165) is 21.4 Å². The molecule has 2 aromatic rings. The summed E-state index contributed by atoms with van der Waals surface area (Å²) in [5.74, 6) is 0. The third kappa shape index (κ3) is 3.14. The van der Waals surface area contributed by atoms with Crippen molar-refractivity contribution in [1.29, 1.82) is 0 Å². The van der Waals surface area contributed by atoms with Crippen LogP contribution < -0.4 is 11.1 Å². The molecular weight excluding hydrogens is 300 g/mol. The van der Waals surface area contributed by atoms with Gasteiger partial charge < -0.3 is 11.1 Å². The molecule has 0 spiro atoms. The molecule has 3 N–H and O–H groups in total. The lowest BCUT2D eigenvalue weighted by atomic mass is 10.2. The minimum absolute atomic E-state index is 0.672. The van der Waals surface area contributed by atoms with E-state index < -0.39 is 0 Å². The van der Waals surface area contributed by atoms with Gasteiger partial charge in [-0.1, -0.05) is 29.8 Å². The molecule has 0 unspecified atom stereocenters. The predicted molar refractivity (Wildman–Crippen MR) is 77.3 cm³/mol. The smallest absolute Gasteiger partial charge is 0.0502 e. The fourth-order valence-corrected chi connectivity index (χ4v) is 2.08. The van der Waals surface area contributed by atoms with Gasteiger partial charge in [-0.3, -0.25) is 0 Å². The van der Waals surface area contributed by atoms with Crippen LogP contribution in [0.5, 0.6) is 0 Å². The second-order valence-corrected chi connectivity index (χ2v) is 4.97. The van der Waals surface area contributed by atoms with Gasteiger partial charge in [0.15, 0.2) is 0 Å². The topological polar surface area (TPSA) is 38.0 Å². The number of benzene rings is 2. The van der Waals surface area contributed by atoms with Crippen LogP contribution in [0.3, 0.4) is 0 Å². The van der Waals surface area contributed by atoms with Crippen molar-refractivity contribution in [2.24, 2.45) is 0 Å². The van der Waals surface area contributed by atoms with E-state index in [1.165, 1.54) is 0 Å². The van der Waals surface area contributed by atoms with E-state index in [0.29, 0.717) is 11.6 Å². The van der Waals surface area contributed by atoms with E-state index in [1.54, 1.807) is 0 Å². The van der Waals surface area contributed by atoms with E-state index >= 15 is 0 Å². The Bertz CT molecular complexity index is 529. The third-order valence-electron chi connectivity index (χ3n) is 2.45. The SMILES string of the molecule is Nc1ccccc1CNc1cc(Cl)ccc1Br. The van der Waals surface area contributed by atoms with Gasteiger partial charge in [-0.25, -0.2) is 0 Å². The zero-order valence-electron chi connectivity index (χ0n) is 9.08. The average molecular weight is 312 g/mol. The summed E-state index contributed by atoms with van der Waals surface area (Å²) in [4.78, 5) is 0. The van der Waals surface area contributed by atoms with Gasteiger partial charge >= 0.3 is 0 Å². The molecule has 0 aliphatic heterocycles. The summed E-state index contributed by atoms with van der Waals surface area (Å²) in [5.41, 5.74) is 8.69. The van der Waals surface area contributed by atoms with Crippen LogP contribution in [-0.2, 0) is 6.54 Å². The Kier molecular flexibility index (Phi) is 3.92. The van der Waals surface area contributed by atoms with Gasteiger partial charge in [-0.15, -0.1) is 0 Å². The molecule has 0 heterocycles. The molecule has 0 fully saturated rings. The minimum Gasteiger partial charge on any atom is -0.398 e. The lowest BCUT2D eigenvalue weighted by Gasteiger charge is -2.10. The second-order valence-electron chi connectivity index (χ2n) is 3.68. The molecule has 0 atom stereocenters. The van der Waals surface area contributed by atoms with Crippen LogP contribution in [0.1, 0.15) is 5.56 Å². The number of nitrogens with two attached hydrogens (primary N) is 1. The Morgan fingerprint density at radius 1 is 1.18 bits per heavy atom. The largest absolute Gasteiger partial charge is 0.398 e. The van der Waals surface area contributed by atoms with Crippen molar-refractivity contribution in [3.05, 3.63) is 57.5 Å². The first-order valence-corrected chi connectivity index (χ1v) is 6.36. The highest BCUT2D eigenvalue weighted by Crippen LogP contribution is 2.26. The Hall–Kier alpha value is -1.19. The highest BCUT2D eigenvalue weighted by Gasteiger charge is 2.02. The lowest BCUT2D eigenvalue weighted by Crippen LogP contribution is -2.03. The predicted octanol–water partition coefficient (Wildman–Crippen LogP) is 4.30. The fourth-order valence-electron chi connectivity index (χ4n) is 1.52. The normalized spacial score (nSPS) is 10.2. The standard InChI is InChI=1S/C13H12BrClN2/c14-11-6-5-10(15)7-13(11)17-8-9-3-1-2-4-12(9)16/h1-7,17H,8,16H2. The minimum atomic E-state index is 0.672. The number of anilines is 2. The van der Waals surface area contributed by atoms with E-state index in [9.17, 15) is 0 Å². The summed E-state index contributed by atoms with van der Waals surface area (Å²) in [6.45, 7) is 0.672.